The van der Waals surface area contributed by atoms with Crippen molar-refractivity contribution < 1.29 is 14.3 Å². The van der Waals surface area contributed by atoms with Crippen LogP contribution in [-0.2, 0) is 14.3 Å². The van der Waals surface area contributed by atoms with E-state index in [1.54, 1.807) is 0 Å². The van der Waals surface area contributed by atoms with Crippen molar-refractivity contribution in [2.24, 2.45) is 5.92 Å². The first kappa shape index (κ1) is 13.9. The van der Waals surface area contributed by atoms with Crippen molar-refractivity contribution in [2.75, 3.05) is 7.11 Å². The molecule has 0 N–H and O–H groups in total. The Hall–Kier alpha value is -1.12. The number of carbonyl (C=O) groups excluding carboxylic acids is 2. The van der Waals surface area contributed by atoms with Crippen LogP contribution in [0.15, 0.2) is 11.6 Å². The van der Waals surface area contributed by atoms with Crippen LogP contribution >= 0.6 is 0 Å². The topological polar surface area (TPSA) is 43.4 Å². The minimum atomic E-state index is -0.126. The molecule has 0 radical (unpaired) electrons. The second-order valence-electron chi connectivity index (χ2n) is 4.71. The van der Waals surface area contributed by atoms with Gasteiger partial charge in [0.25, 0.3) is 0 Å². The van der Waals surface area contributed by atoms with Crippen molar-refractivity contribution >= 4 is 11.8 Å². The number of hydrogen-bond acceptors (Lipinski definition) is 3. The van der Waals surface area contributed by atoms with Gasteiger partial charge in [-0.2, -0.15) is 0 Å². The maximum Gasteiger partial charge on any atom is 0.308 e. The monoisotopic (exact) mass is 238 g/mol. The third kappa shape index (κ3) is 4.72. The van der Waals surface area contributed by atoms with Crippen LogP contribution in [0.3, 0.4) is 0 Å². The lowest BCUT2D eigenvalue weighted by atomic mass is 10.0. The molecule has 0 aromatic carbocycles. The summed E-state index contributed by atoms with van der Waals surface area (Å²) in [5.74, 6) is 0.193. The van der Waals surface area contributed by atoms with Gasteiger partial charge >= 0.3 is 5.97 Å². The van der Waals surface area contributed by atoms with Crippen LogP contribution in [0.5, 0.6) is 0 Å². The molecule has 0 aliphatic heterocycles. The van der Waals surface area contributed by atoms with Crippen molar-refractivity contribution in [1.82, 2.24) is 0 Å². The summed E-state index contributed by atoms with van der Waals surface area (Å²) in [5.41, 5.74) is 1.02. The Morgan fingerprint density at radius 1 is 1.41 bits per heavy atom. The van der Waals surface area contributed by atoms with Crippen molar-refractivity contribution in [3.63, 3.8) is 0 Å². The molecule has 17 heavy (non-hydrogen) atoms. The van der Waals surface area contributed by atoms with Crippen LogP contribution < -0.4 is 0 Å². The summed E-state index contributed by atoms with van der Waals surface area (Å²) in [6.45, 7) is 1.90. The number of hydrogen-bond donors (Lipinski definition) is 0. The average Bonchev–Trinajstić information content (AvgIpc) is 2.73. The molecule has 0 fully saturated rings. The standard InChI is InChI=1S/C14H22O3/c1-11(14(16)17-2)7-4-3-5-8-12-9-6-10-13(12)15/h9,11H,3-8,10H2,1-2H3. The molecule has 0 aromatic heterocycles. The zero-order valence-corrected chi connectivity index (χ0v) is 10.8. The van der Waals surface area contributed by atoms with Crippen LogP contribution in [0.4, 0.5) is 0 Å². The number of esters is 1. The molecule has 3 heteroatoms. The van der Waals surface area contributed by atoms with Crippen LogP contribution in [0, 0.1) is 5.92 Å². The normalized spacial score (nSPS) is 16.8. The zero-order valence-electron chi connectivity index (χ0n) is 10.8. The molecule has 1 aliphatic rings. The van der Waals surface area contributed by atoms with Crippen molar-refractivity contribution in [2.45, 2.75) is 51.9 Å². The minimum Gasteiger partial charge on any atom is -0.469 e. The van der Waals surface area contributed by atoms with Gasteiger partial charge in [-0.05, 0) is 31.3 Å². The summed E-state index contributed by atoms with van der Waals surface area (Å²) in [7, 11) is 1.43. The van der Waals surface area contributed by atoms with Crippen LogP contribution in [0.1, 0.15) is 51.9 Å². The fraction of sp³-hybridized carbons (Fsp3) is 0.714. The molecule has 3 nitrogen and oxygen atoms in total. The highest BCUT2D eigenvalue weighted by atomic mass is 16.5. The molecule has 0 amide bonds. The summed E-state index contributed by atoms with van der Waals surface area (Å²) in [6, 6.07) is 0. The number of Topliss-reactive ketones (excluding diaryl/α,β-unsaturated/α-hetero) is 1. The van der Waals surface area contributed by atoms with Crippen LogP contribution in [0.25, 0.3) is 0 Å². The molecule has 0 spiro atoms. The highest BCUT2D eigenvalue weighted by Gasteiger charge is 2.15. The zero-order chi connectivity index (χ0) is 12.7. The highest BCUT2D eigenvalue weighted by Crippen LogP contribution is 2.20. The van der Waals surface area contributed by atoms with E-state index in [4.69, 9.17) is 0 Å². The smallest absolute Gasteiger partial charge is 0.308 e. The van der Waals surface area contributed by atoms with Crippen molar-refractivity contribution in [1.29, 1.82) is 0 Å². The Labute approximate surface area is 103 Å². The fourth-order valence-corrected chi connectivity index (χ4v) is 2.16. The highest BCUT2D eigenvalue weighted by molar-refractivity contribution is 5.97. The van der Waals surface area contributed by atoms with E-state index in [0.29, 0.717) is 12.2 Å². The first-order valence-electron chi connectivity index (χ1n) is 6.45. The van der Waals surface area contributed by atoms with Gasteiger partial charge in [-0.15, -0.1) is 0 Å². The van der Waals surface area contributed by atoms with Gasteiger partial charge in [-0.25, -0.2) is 0 Å². The molecule has 0 saturated carbocycles. The Bertz CT molecular complexity index is 305. The summed E-state index contributed by atoms with van der Waals surface area (Å²) in [6.07, 6.45) is 8.63. The number of methoxy groups -OCH3 is 1. The van der Waals surface area contributed by atoms with Gasteiger partial charge in [0.15, 0.2) is 5.78 Å². The molecule has 0 aromatic rings. The van der Waals surface area contributed by atoms with E-state index in [-0.39, 0.29) is 11.9 Å². The molecule has 96 valence electrons. The molecule has 1 aliphatic carbocycles. The second kappa shape index (κ2) is 7.25. The van der Waals surface area contributed by atoms with Gasteiger partial charge in [0, 0.05) is 6.42 Å². The van der Waals surface area contributed by atoms with E-state index in [9.17, 15) is 9.59 Å². The van der Waals surface area contributed by atoms with Gasteiger partial charge in [0.05, 0.1) is 13.0 Å². The van der Waals surface area contributed by atoms with E-state index in [1.165, 1.54) is 7.11 Å². The fourth-order valence-electron chi connectivity index (χ4n) is 2.16. The summed E-state index contributed by atoms with van der Waals surface area (Å²) in [5, 5.41) is 0. The summed E-state index contributed by atoms with van der Waals surface area (Å²) < 4.78 is 4.67. The van der Waals surface area contributed by atoms with Gasteiger partial charge in [-0.1, -0.05) is 25.8 Å². The third-order valence-corrected chi connectivity index (χ3v) is 3.31. The lowest BCUT2D eigenvalue weighted by Gasteiger charge is -2.08. The number of ketones is 1. The molecular formula is C14H22O3. The van der Waals surface area contributed by atoms with Gasteiger partial charge in [0.1, 0.15) is 0 Å². The SMILES string of the molecule is COC(=O)C(C)CCCCCC1=CCCC1=O. The van der Waals surface area contributed by atoms with E-state index in [1.807, 2.05) is 6.92 Å². The maximum atomic E-state index is 11.3. The van der Waals surface area contributed by atoms with Gasteiger partial charge in [-0.3, -0.25) is 9.59 Å². The first-order chi connectivity index (χ1) is 8.15. The Morgan fingerprint density at radius 3 is 2.76 bits per heavy atom. The number of rotatable bonds is 7. The molecule has 1 unspecified atom stereocenters. The van der Waals surface area contributed by atoms with Crippen LogP contribution in [-0.4, -0.2) is 18.9 Å². The molecule has 1 rings (SSSR count). The Kier molecular flexibility index (Phi) is 5.95. The van der Waals surface area contributed by atoms with Crippen molar-refractivity contribution in [3.05, 3.63) is 11.6 Å². The minimum absolute atomic E-state index is 0.00710. The number of carbonyl (C=O) groups is 2. The molecule has 0 bridgehead atoms. The maximum absolute atomic E-state index is 11.3. The molecular weight excluding hydrogens is 216 g/mol. The number of ether oxygens (including phenoxy) is 1. The molecule has 0 heterocycles. The quantitative estimate of drug-likeness (QED) is 0.506. The Balaban J connectivity index is 2.05. The number of unbranched alkanes of at least 4 members (excludes halogenated alkanes) is 2. The largest absolute Gasteiger partial charge is 0.469 e. The predicted octanol–water partition coefficient (Wildman–Crippen LogP) is 3.04. The van der Waals surface area contributed by atoms with E-state index >= 15 is 0 Å². The van der Waals surface area contributed by atoms with E-state index in [0.717, 1.165) is 44.1 Å². The third-order valence-electron chi connectivity index (χ3n) is 3.31. The van der Waals surface area contributed by atoms with Gasteiger partial charge in [0.2, 0.25) is 0 Å². The lowest BCUT2D eigenvalue weighted by Crippen LogP contribution is -2.12. The molecule has 1 atom stereocenters. The second-order valence-corrected chi connectivity index (χ2v) is 4.71. The molecule has 0 saturated heterocycles. The summed E-state index contributed by atoms with van der Waals surface area (Å²) in [4.78, 5) is 22.5. The lowest BCUT2D eigenvalue weighted by molar-refractivity contribution is -0.145. The van der Waals surface area contributed by atoms with Gasteiger partial charge < -0.3 is 4.74 Å². The average molecular weight is 238 g/mol. The Morgan fingerprint density at radius 2 is 2.18 bits per heavy atom. The van der Waals surface area contributed by atoms with E-state index < -0.39 is 0 Å². The van der Waals surface area contributed by atoms with E-state index in [2.05, 4.69) is 10.8 Å². The van der Waals surface area contributed by atoms with Crippen LogP contribution in [0.2, 0.25) is 0 Å². The predicted molar refractivity (Wildman–Crippen MR) is 66.6 cm³/mol. The first-order valence-corrected chi connectivity index (χ1v) is 6.45. The van der Waals surface area contributed by atoms with Crippen molar-refractivity contribution in [3.8, 4) is 0 Å². The summed E-state index contributed by atoms with van der Waals surface area (Å²) >= 11 is 0. The number of allylic oxidation sites excluding steroid dienone is 2.